The van der Waals surface area contributed by atoms with Crippen LogP contribution in [0.15, 0.2) is 36.4 Å². The van der Waals surface area contributed by atoms with E-state index < -0.39 is 0 Å². The van der Waals surface area contributed by atoms with Gasteiger partial charge < -0.3 is 24.4 Å². The maximum absolute atomic E-state index is 12.7. The van der Waals surface area contributed by atoms with E-state index in [4.69, 9.17) is 14.2 Å². The summed E-state index contributed by atoms with van der Waals surface area (Å²) in [5, 5.41) is 2.86. The number of carbonyl (C=O) groups excluding carboxylic acids is 2. The van der Waals surface area contributed by atoms with Crippen molar-refractivity contribution >= 4 is 23.2 Å². The van der Waals surface area contributed by atoms with Crippen molar-refractivity contribution in [2.24, 2.45) is 5.92 Å². The molecule has 0 fully saturated rings. The number of fused-ring (bicyclic) bond motifs is 1. The standard InChI is InChI=1S/C21H24N2O5/c1-13(2)11-23-18-9-15(5-6-19(18)28-12-20(23)24)22-21(25)14-7-16(26-3)10-17(8-14)27-4/h5-10,13H,11-12H2,1-4H3,(H,22,25). The number of ether oxygens (including phenoxy) is 3. The molecule has 0 aliphatic carbocycles. The van der Waals surface area contributed by atoms with Gasteiger partial charge in [-0.3, -0.25) is 9.59 Å². The van der Waals surface area contributed by atoms with E-state index in [1.54, 1.807) is 41.3 Å². The van der Waals surface area contributed by atoms with E-state index in [1.165, 1.54) is 14.2 Å². The first-order valence-corrected chi connectivity index (χ1v) is 9.03. The van der Waals surface area contributed by atoms with E-state index in [9.17, 15) is 9.59 Å². The van der Waals surface area contributed by atoms with Gasteiger partial charge in [-0.25, -0.2) is 0 Å². The Labute approximate surface area is 164 Å². The first kappa shape index (κ1) is 19.5. The van der Waals surface area contributed by atoms with Crippen LogP contribution in [0.5, 0.6) is 17.2 Å². The number of hydrogen-bond donors (Lipinski definition) is 1. The minimum atomic E-state index is -0.310. The van der Waals surface area contributed by atoms with Crippen LogP contribution < -0.4 is 24.4 Å². The fourth-order valence-electron chi connectivity index (χ4n) is 2.99. The fraction of sp³-hybridized carbons (Fsp3) is 0.333. The first-order chi connectivity index (χ1) is 13.4. The molecule has 0 atom stereocenters. The van der Waals surface area contributed by atoms with Gasteiger partial charge in [-0.1, -0.05) is 13.8 Å². The molecular weight excluding hydrogens is 360 g/mol. The predicted molar refractivity (Wildman–Crippen MR) is 107 cm³/mol. The lowest BCUT2D eigenvalue weighted by molar-refractivity contribution is -0.121. The monoisotopic (exact) mass is 384 g/mol. The van der Waals surface area contributed by atoms with Crippen molar-refractivity contribution in [1.82, 2.24) is 0 Å². The van der Waals surface area contributed by atoms with Gasteiger partial charge in [0.1, 0.15) is 17.2 Å². The molecule has 2 aromatic rings. The quantitative estimate of drug-likeness (QED) is 0.827. The van der Waals surface area contributed by atoms with Gasteiger partial charge in [-0.05, 0) is 36.2 Å². The molecule has 2 amide bonds. The highest BCUT2D eigenvalue weighted by Crippen LogP contribution is 2.35. The number of carbonyl (C=O) groups is 2. The predicted octanol–water partition coefficient (Wildman–Crippen LogP) is 3.34. The van der Waals surface area contributed by atoms with Crippen molar-refractivity contribution in [3.63, 3.8) is 0 Å². The van der Waals surface area contributed by atoms with Crippen LogP contribution in [0.25, 0.3) is 0 Å². The molecule has 0 unspecified atom stereocenters. The molecule has 28 heavy (non-hydrogen) atoms. The maximum atomic E-state index is 12.7. The van der Waals surface area contributed by atoms with Gasteiger partial charge in [0.05, 0.1) is 19.9 Å². The van der Waals surface area contributed by atoms with E-state index in [-0.39, 0.29) is 18.4 Å². The average molecular weight is 384 g/mol. The Morgan fingerprint density at radius 1 is 1.14 bits per heavy atom. The zero-order valence-corrected chi connectivity index (χ0v) is 16.4. The second-order valence-corrected chi connectivity index (χ2v) is 6.92. The molecule has 1 aliphatic rings. The highest BCUT2D eigenvalue weighted by atomic mass is 16.5. The number of hydrogen-bond acceptors (Lipinski definition) is 5. The van der Waals surface area contributed by atoms with Gasteiger partial charge in [-0.15, -0.1) is 0 Å². The Hall–Kier alpha value is -3.22. The number of nitrogens with one attached hydrogen (secondary N) is 1. The lowest BCUT2D eigenvalue weighted by Gasteiger charge is -2.31. The highest BCUT2D eigenvalue weighted by Gasteiger charge is 2.26. The number of nitrogens with zero attached hydrogens (tertiary/aromatic N) is 1. The van der Waals surface area contributed by atoms with Gasteiger partial charge in [0, 0.05) is 23.9 Å². The molecule has 0 bridgehead atoms. The lowest BCUT2D eigenvalue weighted by atomic mass is 10.1. The summed E-state index contributed by atoms with van der Waals surface area (Å²) in [6.07, 6.45) is 0. The van der Waals surface area contributed by atoms with Crippen LogP contribution in [-0.4, -0.2) is 39.2 Å². The van der Waals surface area contributed by atoms with E-state index in [0.29, 0.717) is 46.6 Å². The molecule has 0 saturated heterocycles. The normalized spacial score (nSPS) is 13.0. The molecule has 7 heteroatoms. The van der Waals surface area contributed by atoms with Crippen molar-refractivity contribution in [2.75, 3.05) is 37.6 Å². The topological polar surface area (TPSA) is 77.1 Å². The molecular formula is C21H24N2O5. The molecule has 3 rings (SSSR count). The molecule has 0 radical (unpaired) electrons. The number of methoxy groups -OCH3 is 2. The smallest absolute Gasteiger partial charge is 0.265 e. The molecule has 1 aliphatic heterocycles. The van der Waals surface area contributed by atoms with Gasteiger partial charge in [-0.2, -0.15) is 0 Å². The largest absolute Gasteiger partial charge is 0.497 e. The van der Waals surface area contributed by atoms with Crippen LogP contribution in [0.1, 0.15) is 24.2 Å². The SMILES string of the molecule is COc1cc(OC)cc(C(=O)Nc2ccc3c(c2)N(CC(C)C)C(=O)CO3)c1. The Morgan fingerprint density at radius 3 is 2.43 bits per heavy atom. The summed E-state index contributed by atoms with van der Waals surface area (Å²) in [6, 6.07) is 10.2. The van der Waals surface area contributed by atoms with E-state index in [0.717, 1.165) is 0 Å². The molecule has 0 spiro atoms. The van der Waals surface area contributed by atoms with Gasteiger partial charge in [0.25, 0.3) is 11.8 Å². The molecule has 1 N–H and O–H groups in total. The fourth-order valence-corrected chi connectivity index (χ4v) is 2.99. The average Bonchev–Trinajstić information content (AvgIpc) is 2.69. The minimum absolute atomic E-state index is 0.0228. The maximum Gasteiger partial charge on any atom is 0.265 e. The van der Waals surface area contributed by atoms with Gasteiger partial charge >= 0.3 is 0 Å². The third kappa shape index (κ3) is 4.19. The summed E-state index contributed by atoms with van der Waals surface area (Å²) in [6.45, 7) is 4.70. The van der Waals surface area contributed by atoms with Crippen LogP contribution in [-0.2, 0) is 4.79 Å². The summed E-state index contributed by atoms with van der Waals surface area (Å²) < 4.78 is 15.9. The van der Waals surface area contributed by atoms with Gasteiger partial charge in [0.2, 0.25) is 0 Å². The number of amides is 2. The van der Waals surface area contributed by atoms with Crippen molar-refractivity contribution in [1.29, 1.82) is 0 Å². The Kier molecular flexibility index (Phi) is 5.73. The summed E-state index contributed by atoms with van der Waals surface area (Å²) in [5.74, 6) is 1.57. The summed E-state index contributed by atoms with van der Waals surface area (Å²) in [4.78, 5) is 26.7. The molecule has 148 valence electrons. The van der Waals surface area contributed by atoms with Crippen molar-refractivity contribution in [3.8, 4) is 17.2 Å². The van der Waals surface area contributed by atoms with Crippen molar-refractivity contribution < 1.29 is 23.8 Å². The third-order valence-electron chi connectivity index (χ3n) is 4.32. The molecule has 0 saturated carbocycles. The Bertz CT molecular complexity index is 872. The molecule has 2 aromatic carbocycles. The summed E-state index contributed by atoms with van der Waals surface area (Å²) in [5.41, 5.74) is 1.63. The van der Waals surface area contributed by atoms with Crippen LogP contribution in [0.3, 0.4) is 0 Å². The number of anilines is 2. The Balaban J connectivity index is 1.87. The van der Waals surface area contributed by atoms with Gasteiger partial charge in [0.15, 0.2) is 6.61 Å². The zero-order chi connectivity index (χ0) is 20.3. The molecule has 1 heterocycles. The van der Waals surface area contributed by atoms with Crippen LogP contribution in [0.2, 0.25) is 0 Å². The second kappa shape index (κ2) is 8.21. The van der Waals surface area contributed by atoms with E-state index >= 15 is 0 Å². The third-order valence-corrected chi connectivity index (χ3v) is 4.32. The van der Waals surface area contributed by atoms with Crippen LogP contribution in [0, 0.1) is 5.92 Å². The summed E-state index contributed by atoms with van der Waals surface area (Å²) in [7, 11) is 3.06. The minimum Gasteiger partial charge on any atom is -0.497 e. The van der Waals surface area contributed by atoms with Crippen LogP contribution in [0.4, 0.5) is 11.4 Å². The van der Waals surface area contributed by atoms with Crippen molar-refractivity contribution in [3.05, 3.63) is 42.0 Å². The first-order valence-electron chi connectivity index (χ1n) is 9.03. The Morgan fingerprint density at radius 2 is 1.82 bits per heavy atom. The highest BCUT2D eigenvalue weighted by molar-refractivity contribution is 6.06. The van der Waals surface area contributed by atoms with E-state index in [2.05, 4.69) is 5.32 Å². The van der Waals surface area contributed by atoms with Crippen LogP contribution >= 0.6 is 0 Å². The molecule has 7 nitrogen and oxygen atoms in total. The molecule has 0 aromatic heterocycles. The summed E-state index contributed by atoms with van der Waals surface area (Å²) >= 11 is 0. The van der Waals surface area contributed by atoms with Crippen molar-refractivity contribution in [2.45, 2.75) is 13.8 Å². The van der Waals surface area contributed by atoms with E-state index in [1.807, 2.05) is 13.8 Å². The number of benzene rings is 2. The zero-order valence-electron chi connectivity index (χ0n) is 16.4. The second-order valence-electron chi connectivity index (χ2n) is 6.92. The number of rotatable bonds is 6. The lowest BCUT2D eigenvalue weighted by Crippen LogP contribution is -2.41.